The average molecular weight is 1390 g/mol. The van der Waals surface area contributed by atoms with E-state index in [4.69, 9.17) is 18.6 Å². The van der Waals surface area contributed by atoms with Gasteiger partial charge in [0, 0.05) is 65.8 Å². The molecule has 1 aliphatic heterocycles. The molecule has 6 heterocycles. The van der Waals surface area contributed by atoms with E-state index in [1.165, 1.54) is 11.1 Å². The number of rotatable bonds is 7. The first-order valence-electron chi connectivity index (χ1n) is 31.8. The van der Waals surface area contributed by atoms with Crippen LogP contribution in [0.15, 0.2) is 264 Å². The van der Waals surface area contributed by atoms with Gasteiger partial charge < -0.3 is 22.7 Å². The average Bonchev–Trinajstić information content (AvgIpc) is 1.55. The van der Waals surface area contributed by atoms with Crippen molar-refractivity contribution in [3.63, 3.8) is 0 Å². The van der Waals surface area contributed by atoms with E-state index < -0.39 is 0 Å². The number of benzene rings is 12. The summed E-state index contributed by atoms with van der Waals surface area (Å²) in [5, 5.41) is 6.49. The fraction of sp³-hybridized carbons (Fsp3) is 0.0930. The van der Waals surface area contributed by atoms with Crippen molar-refractivity contribution in [3.05, 3.63) is 285 Å². The molecule has 0 radical (unpaired) electrons. The zero-order valence-corrected chi connectivity index (χ0v) is 54.9. The molecule has 0 atom stereocenters. The predicted molar refractivity (Wildman–Crippen MR) is 378 cm³/mol. The van der Waals surface area contributed by atoms with Crippen molar-refractivity contribution in [2.24, 2.45) is 0 Å². The van der Waals surface area contributed by atoms with Crippen LogP contribution in [0.2, 0.25) is 0 Å². The summed E-state index contributed by atoms with van der Waals surface area (Å²) in [5.41, 5.74) is 24.4. The van der Waals surface area contributed by atoms with Gasteiger partial charge in [-0.3, -0.25) is 4.57 Å². The number of hydrogen-bond acceptors (Lipinski definition) is 4. The molecule has 0 saturated carbocycles. The molecule has 0 N–H and O–H groups in total. The maximum atomic E-state index is 6.96. The molecular weight excluding hydrogens is 1330 g/mol. The minimum atomic E-state index is -0.0716. The third-order valence-electron chi connectivity index (χ3n) is 18.9. The Hall–Kier alpha value is -10.9. The molecule has 12 aromatic carbocycles. The van der Waals surface area contributed by atoms with Gasteiger partial charge in [0.15, 0.2) is 0 Å². The minimum absolute atomic E-state index is 0. The van der Waals surface area contributed by atoms with Gasteiger partial charge in [0.2, 0.25) is 0 Å². The molecule has 1 aliphatic rings. The molecule has 0 spiro atoms. The van der Waals surface area contributed by atoms with E-state index in [1.807, 2.05) is 48.7 Å². The van der Waals surface area contributed by atoms with Gasteiger partial charge in [0.25, 0.3) is 6.33 Å². The normalized spacial score (nSPS) is 12.3. The Labute approximate surface area is 558 Å². The first-order valence-corrected chi connectivity index (χ1v) is 31.8. The van der Waals surface area contributed by atoms with Crippen LogP contribution >= 0.6 is 0 Å². The monoisotopic (exact) mass is 1390 g/mol. The number of pyridine rings is 1. The molecule has 0 amide bonds. The van der Waals surface area contributed by atoms with Gasteiger partial charge >= 0.3 is 0 Å². The molecule has 0 saturated heterocycles. The summed E-state index contributed by atoms with van der Waals surface area (Å²) < 4.78 is 26.5. The Morgan fingerprint density at radius 3 is 1.68 bits per heavy atom. The first-order chi connectivity index (χ1) is 45.3. The summed E-state index contributed by atoms with van der Waals surface area (Å²) in [7, 11) is 0. The molecule has 94 heavy (non-hydrogen) atoms. The SMILES string of the molecule is CC(C)(C)c1ccc(-c2cccc3c2-[n+]2[c-]n(-c4[c-]c(Oc5[c-]c6c(cc5)c5ccccc5n6-c5cc(C(C)(C)C)ccn5)ccc4)c4cc(-c5ccc6oc7ccccc7c6c5)cc(c42)-c2ccccc2-c2ccc(-c4ccc5oc6ccccc6c5c4)cc2-3)cc1.[Pt]. The van der Waals surface area contributed by atoms with Crippen LogP contribution in [0.4, 0.5) is 0 Å². The fourth-order valence-corrected chi connectivity index (χ4v) is 14.2. The van der Waals surface area contributed by atoms with Crippen molar-refractivity contribution in [1.29, 1.82) is 0 Å². The quantitative estimate of drug-likeness (QED) is 0.118. The second kappa shape index (κ2) is 21.6. The molecule has 5 aromatic heterocycles. The summed E-state index contributed by atoms with van der Waals surface area (Å²) >= 11 is 0. The number of para-hydroxylation sites is 4. The molecule has 0 unspecified atom stereocenters. The van der Waals surface area contributed by atoms with E-state index in [2.05, 4.69) is 280 Å². The van der Waals surface area contributed by atoms with Crippen molar-refractivity contribution >= 4 is 76.7 Å². The Balaban J connectivity index is 0.00000672. The van der Waals surface area contributed by atoms with E-state index >= 15 is 0 Å². The summed E-state index contributed by atoms with van der Waals surface area (Å²) in [4.78, 5) is 4.95. The molecule has 454 valence electrons. The van der Waals surface area contributed by atoms with Gasteiger partial charge in [0.1, 0.15) is 28.1 Å². The van der Waals surface area contributed by atoms with Crippen LogP contribution in [-0.4, -0.2) is 14.1 Å². The largest absolute Gasteiger partial charge is 0.510 e. The maximum Gasteiger partial charge on any atom is 0.268 e. The maximum absolute atomic E-state index is 6.96. The molecule has 8 heteroatoms. The van der Waals surface area contributed by atoms with Crippen molar-refractivity contribution in [1.82, 2.24) is 14.1 Å². The second-order valence-electron chi connectivity index (χ2n) is 26.7. The van der Waals surface area contributed by atoms with E-state index in [0.717, 1.165) is 161 Å². The van der Waals surface area contributed by atoms with Crippen LogP contribution in [0.3, 0.4) is 0 Å². The van der Waals surface area contributed by atoms with E-state index in [9.17, 15) is 0 Å². The van der Waals surface area contributed by atoms with Crippen LogP contribution in [0.5, 0.6) is 11.5 Å². The van der Waals surface area contributed by atoms with E-state index in [-0.39, 0.29) is 31.9 Å². The van der Waals surface area contributed by atoms with Crippen LogP contribution in [0.1, 0.15) is 52.7 Å². The minimum Gasteiger partial charge on any atom is -0.510 e. The van der Waals surface area contributed by atoms with Gasteiger partial charge in [0.05, 0.1) is 16.7 Å². The third-order valence-corrected chi connectivity index (χ3v) is 18.9. The van der Waals surface area contributed by atoms with Crippen molar-refractivity contribution in [2.45, 2.75) is 52.4 Å². The molecule has 0 fully saturated rings. The number of hydrogen-bond donors (Lipinski definition) is 0. The van der Waals surface area contributed by atoms with Crippen molar-refractivity contribution in [3.8, 4) is 95.5 Å². The zero-order valence-electron chi connectivity index (χ0n) is 52.6. The zero-order chi connectivity index (χ0) is 62.4. The number of aromatic nitrogens is 4. The Morgan fingerprint density at radius 1 is 0.394 bits per heavy atom. The summed E-state index contributed by atoms with van der Waals surface area (Å²) in [5.74, 6) is 1.92. The van der Waals surface area contributed by atoms with E-state index in [0.29, 0.717) is 11.5 Å². The van der Waals surface area contributed by atoms with Gasteiger partial charge in [-0.2, -0.15) is 18.2 Å². The van der Waals surface area contributed by atoms with Crippen LogP contribution in [0.25, 0.3) is 161 Å². The van der Waals surface area contributed by atoms with E-state index in [1.54, 1.807) is 0 Å². The Kier molecular flexibility index (Phi) is 13.1. The molecular formula is C86H60N4O3Pt-2. The number of imidazole rings is 1. The second-order valence-corrected chi connectivity index (χ2v) is 26.7. The number of nitrogens with zero attached hydrogens (tertiary/aromatic N) is 4. The van der Waals surface area contributed by atoms with Crippen LogP contribution < -0.4 is 9.30 Å². The standard InChI is InChI=1S/C86H60N4O3.Pt/c1-85(2,3)57-34-29-52(30-35-57)62-24-16-25-70-71-43-53(54-32-39-80-72(44-54)68-22-10-13-27-78(68)92-80)31-37-65(71)63-19-7-8-20-64(63)74-46-56(55-33-40-81-73(45-55)69-23-11-14-28-79(69)93-81)47-77-84(74)89(83(62)70)51-88(77)59-17-15-18-60(49-59)91-61-36-38-67-66-21-9-12-26-75(66)90(76(67)50-61)82-48-58(41-42-87-82)86(4,5)6;/h7-48H,1-6H3;/q-2;. The first kappa shape index (κ1) is 57.1. The van der Waals surface area contributed by atoms with Gasteiger partial charge in [-0.25, -0.2) is 4.98 Å². The van der Waals surface area contributed by atoms with Gasteiger partial charge in [-0.05, 0) is 167 Å². The summed E-state index contributed by atoms with van der Waals surface area (Å²) in [6.45, 7) is 13.5. The fourth-order valence-electron chi connectivity index (χ4n) is 14.2. The van der Waals surface area contributed by atoms with Gasteiger partial charge in [-0.15, -0.1) is 29.7 Å². The number of fused-ring (bicyclic) bond motifs is 16. The van der Waals surface area contributed by atoms with Crippen LogP contribution in [0, 0.1) is 18.5 Å². The number of ether oxygens (including phenoxy) is 1. The molecule has 17 aromatic rings. The molecule has 7 nitrogen and oxygen atoms in total. The third kappa shape index (κ3) is 9.27. The molecule has 0 bridgehead atoms. The topological polar surface area (TPSA) is 62.1 Å². The Morgan fingerprint density at radius 2 is 0.957 bits per heavy atom. The van der Waals surface area contributed by atoms with Crippen LogP contribution in [-0.2, 0) is 31.9 Å². The molecule has 0 aliphatic carbocycles. The Bertz CT molecular complexity index is 5950. The van der Waals surface area contributed by atoms with Crippen molar-refractivity contribution in [2.75, 3.05) is 0 Å². The van der Waals surface area contributed by atoms with Crippen molar-refractivity contribution < 1.29 is 39.2 Å². The van der Waals surface area contributed by atoms with Gasteiger partial charge in [-0.1, -0.05) is 199 Å². The number of furan rings is 2. The predicted octanol–water partition coefficient (Wildman–Crippen LogP) is 22.3. The molecule has 18 rings (SSSR count). The summed E-state index contributed by atoms with van der Waals surface area (Å²) in [6.07, 6.45) is 6.00. The summed E-state index contributed by atoms with van der Waals surface area (Å²) in [6, 6.07) is 96.8. The smallest absolute Gasteiger partial charge is 0.268 e.